The van der Waals surface area contributed by atoms with Gasteiger partial charge in [0.1, 0.15) is 4.60 Å². The van der Waals surface area contributed by atoms with Crippen LogP contribution in [-0.2, 0) is 0 Å². The van der Waals surface area contributed by atoms with Gasteiger partial charge in [0.15, 0.2) is 0 Å². The smallest absolute Gasteiger partial charge is 0.106 e. The Morgan fingerprint density at radius 2 is 2.13 bits per heavy atom. The minimum atomic E-state index is 0.653. The number of nitrogens with one attached hydrogen (secondary N) is 1. The Kier molecular flexibility index (Phi) is 3.29. The molecule has 0 radical (unpaired) electrons. The van der Waals surface area contributed by atoms with Gasteiger partial charge in [0.05, 0.1) is 11.9 Å². The molecule has 1 aromatic heterocycles. The summed E-state index contributed by atoms with van der Waals surface area (Å²) in [4.78, 5) is 4.20. The van der Waals surface area contributed by atoms with Crippen LogP contribution in [0.25, 0.3) is 0 Å². The number of nitrogens with zero attached hydrogens (tertiary/aromatic N) is 1. The molecule has 0 unspecified atom stereocenters. The standard InChI is InChI=1S/C12H17BrN2/c1-8(2)9-5-11(6-9)15-10-3-4-12(13)14-7-10/h3-4,7-9,11,15H,5-6H2,1-2H3. The van der Waals surface area contributed by atoms with E-state index in [1.165, 1.54) is 12.8 Å². The average Bonchev–Trinajstić information content (AvgIpc) is 2.13. The molecule has 1 saturated carbocycles. The molecule has 1 fully saturated rings. The van der Waals surface area contributed by atoms with Crippen LogP contribution in [0, 0.1) is 11.8 Å². The molecule has 15 heavy (non-hydrogen) atoms. The first-order valence-corrected chi connectivity index (χ1v) is 6.32. The Morgan fingerprint density at radius 1 is 1.40 bits per heavy atom. The van der Waals surface area contributed by atoms with Gasteiger partial charge in [-0.1, -0.05) is 13.8 Å². The van der Waals surface area contributed by atoms with Crippen LogP contribution in [0.5, 0.6) is 0 Å². The molecule has 0 saturated heterocycles. The topological polar surface area (TPSA) is 24.9 Å². The molecule has 82 valence electrons. The van der Waals surface area contributed by atoms with Crippen molar-refractivity contribution in [1.29, 1.82) is 0 Å². The molecular weight excluding hydrogens is 252 g/mol. The van der Waals surface area contributed by atoms with Crippen molar-refractivity contribution in [3.05, 3.63) is 22.9 Å². The molecule has 0 aliphatic heterocycles. The van der Waals surface area contributed by atoms with E-state index >= 15 is 0 Å². The third kappa shape index (κ3) is 2.71. The summed E-state index contributed by atoms with van der Waals surface area (Å²) < 4.78 is 0.890. The first-order valence-electron chi connectivity index (χ1n) is 5.53. The molecule has 0 atom stereocenters. The van der Waals surface area contributed by atoms with Crippen LogP contribution >= 0.6 is 15.9 Å². The summed E-state index contributed by atoms with van der Waals surface area (Å²) in [5, 5.41) is 3.51. The molecule has 1 aromatic rings. The van der Waals surface area contributed by atoms with E-state index in [4.69, 9.17) is 0 Å². The van der Waals surface area contributed by atoms with E-state index in [1.807, 2.05) is 12.3 Å². The van der Waals surface area contributed by atoms with Crippen LogP contribution in [0.4, 0.5) is 5.69 Å². The van der Waals surface area contributed by atoms with Gasteiger partial charge in [0, 0.05) is 6.04 Å². The maximum atomic E-state index is 4.20. The Balaban J connectivity index is 1.82. The first kappa shape index (κ1) is 10.9. The number of pyridine rings is 1. The zero-order valence-electron chi connectivity index (χ0n) is 9.20. The lowest BCUT2D eigenvalue weighted by atomic mass is 9.73. The lowest BCUT2D eigenvalue weighted by molar-refractivity contribution is 0.212. The molecule has 1 N–H and O–H groups in total. The van der Waals surface area contributed by atoms with Crippen molar-refractivity contribution >= 4 is 21.6 Å². The predicted octanol–water partition coefficient (Wildman–Crippen LogP) is 3.69. The van der Waals surface area contributed by atoms with Gasteiger partial charge in [-0.3, -0.25) is 0 Å². The van der Waals surface area contributed by atoms with Gasteiger partial charge < -0.3 is 5.32 Å². The fourth-order valence-corrected chi connectivity index (χ4v) is 2.26. The minimum absolute atomic E-state index is 0.653. The van der Waals surface area contributed by atoms with Crippen molar-refractivity contribution in [3.8, 4) is 0 Å². The molecule has 1 heterocycles. The summed E-state index contributed by atoms with van der Waals surface area (Å²) in [6, 6.07) is 4.70. The molecule has 0 aromatic carbocycles. The third-order valence-corrected chi connectivity index (χ3v) is 3.68. The van der Waals surface area contributed by atoms with Crippen molar-refractivity contribution in [3.63, 3.8) is 0 Å². The summed E-state index contributed by atoms with van der Waals surface area (Å²) in [6.45, 7) is 4.62. The van der Waals surface area contributed by atoms with E-state index in [9.17, 15) is 0 Å². The Labute approximate surface area is 99.6 Å². The van der Waals surface area contributed by atoms with Crippen LogP contribution in [0.1, 0.15) is 26.7 Å². The molecule has 3 heteroatoms. The second kappa shape index (κ2) is 4.52. The first-order chi connectivity index (χ1) is 7.15. The van der Waals surface area contributed by atoms with Gasteiger partial charge in [-0.05, 0) is 52.7 Å². The minimum Gasteiger partial charge on any atom is -0.381 e. The second-order valence-corrected chi connectivity index (χ2v) is 5.50. The van der Waals surface area contributed by atoms with E-state index in [1.54, 1.807) is 0 Å². The average molecular weight is 269 g/mol. The summed E-state index contributed by atoms with van der Waals surface area (Å²) in [5.74, 6) is 1.73. The highest BCUT2D eigenvalue weighted by Gasteiger charge is 2.30. The van der Waals surface area contributed by atoms with Crippen molar-refractivity contribution in [2.75, 3.05) is 5.32 Å². The molecule has 0 amide bonds. The van der Waals surface area contributed by atoms with Crippen LogP contribution in [0.2, 0.25) is 0 Å². The summed E-state index contributed by atoms with van der Waals surface area (Å²) in [6.07, 6.45) is 4.48. The zero-order chi connectivity index (χ0) is 10.8. The lowest BCUT2D eigenvalue weighted by Crippen LogP contribution is -2.37. The van der Waals surface area contributed by atoms with Crippen molar-refractivity contribution in [1.82, 2.24) is 4.98 Å². The molecular formula is C12H17BrN2. The SMILES string of the molecule is CC(C)C1CC(Nc2ccc(Br)nc2)C1. The highest BCUT2D eigenvalue weighted by molar-refractivity contribution is 9.10. The zero-order valence-corrected chi connectivity index (χ0v) is 10.8. The van der Waals surface area contributed by atoms with E-state index < -0.39 is 0 Å². The number of hydrogen-bond acceptors (Lipinski definition) is 2. The van der Waals surface area contributed by atoms with Crippen molar-refractivity contribution in [2.24, 2.45) is 11.8 Å². The number of rotatable bonds is 3. The number of hydrogen-bond donors (Lipinski definition) is 1. The largest absolute Gasteiger partial charge is 0.381 e. The van der Waals surface area contributed by atoms with Gasteiger partial charge >= 0.3 is 0 Å². The lowest BCUT2D eigenvalue weighted by Gasteiger charge is -2.39. The Bertz CT molecular complexity index is 315. The molecule has 1 aliphatic rings. The molecule has 2 rings (SSSR count). The van der Waals surface area contributed by atoms with Crippen molar-refractivity contribution in [2.45, 2.75) is 32.7 Å². The second-order valence-electron chi connectivity index (χ2n) is 4.69. The fraction of sp³-hybridized carbons (Fsp3) is 0.583. The Morgan fingerprint density at radius 3 is 2.67 bits per heavy atom. The van der Waals surface area contributed by atoms with Crippen LogP contribution in [-0.4, -0.2) is 11.0 Å². The maximum absolute atomic E-state index is 4.20. The highest BCUT2D eigenvalue weighted by Crippen LogP contribution is 2.35. The molecule has 0 bridgehead atoms. The van der Waals surface area contributed by atoms with Gasteiger partial charge in [0.2, 0.25) is 0 Å². The van der Waals surface area contributed by atoms with Gasteiger partial charge in [-0.15, -0.1) is 0 Å². The molecule has 1 aliphatic carbocycles. The summed E-state index contributed by atoms with van der Waals surface area (Å²) in [7, 11) is 0. The fourth-order valence-electron chi connectivity index (χ4n) is 2.02. The van der Waals surface area contributed by atoms with Crippen LogP contribution in [0.3, 0.4) is 0 Å². The predicted molar refractivity (Wildman–Crippen MR) is 66.9 cm³/mol. The van der Waals surface area contributed by atoms with E-state index in [2.05, 4.69) is 46.1 Å². The van der Waals surface area contributed by atoms with E-state index in [0.29, 0.717) is 6.04 Å². The van der Waals surface area contributed by atoms with E-state index in [0.717, 1.165) is 22.1 Å². The monoisotopic (exact) mass is 268 g/mol. The highest BCUT2D eigenvalue weighted by atomic mass is 79.9. The van der Waals surface area contributed by atoms with Crippen LogP contribution in [0.15, 0.2) is 22.9 Å². The van der Waals surface area contributed by atoms with Gasteiger partial charge in [0.25, 0.3) is 0 Å². The van der Waals surface area contributed by atoms with E-state index in [-0.39, 0.29) is 0 Å². The summed E-state index contributed by atoms with van der Waals surface area (Å²) >= 11 is 3.33. The number of halogens is 1. The molecule has 2 nitrogen and oxygen atoms in total. The van der Waals surface area contributed by atoms with Crippen molar-refractivity contribution < 1.29 is 0 Å². The third-order valence-electron chi connectivity index (χ3n) is 3.22. The Hall–Kier alpha value is -0.570. The maximum Gasteiger partial charge on any atom is 0.106 e. The molecule has 0 spiro atoms. The van der Waals surface area contributed by atoms with Gasteiger partial charge in [-0.25, -0.2) is 4.98 Å². The van der Waals surface area contributed by atoms with Gasteiger partial charge in [-0.2, -0.15) is 0 Å². The summed E-state index contributed by atoms with van der Waals surface area (Å²) in [5.41, 5.74) is 1.13. The number of anilines is 1. The number of aromatic nitrogens is 1. The van der Waals surface area contributed by atoms with Crippen LogP contribution < -0.4 is 5.32 Å². The quantitative estimate of drug-likeness (QED) is 0.846. The normalized spacial score (nSPS) is 25.1.